The van der Waals surface area contributed by atoms with E-state index in [4.69, 9.17) is 9.47 Å². The zero-order valence-corrected chi connectivity index (χ0v) is 11.6. The van der Waals surface area contributed by atoms with Gasteiger partial charge in [-0.25, -0.2) is 4.98 Å². The molecule has 0 radical (unpaired) electrons. The van der Waals surface area contributed by atoms with Crippen molar-refractivity contribution in [1.29, 1.82) is 0 Å². The average molecular weight is 265 g/mol. The second-order valence-corrected chi connectivity index (χ2v) is 4.82. The van der Waals surface area contributed by atoms with Gasteiger partial charge in [0.15, 0.2) is 0 Å². The van der Waals surface area contributed by atoms with Crippen LogP contribution in [0.15, 0.2) is 12.4 Å². The van der Waals surface area contributed by atoms with Crippen molar-refractivity contribution in [2.75, 3.05) is 19.8 Å². The predicted molar refractivity (Wildman–Crippen MR) is 73.1 cm³/mol. The van der Waals surface area contributed by atoms with Crippen LogP contribution in [0.4, 0.5) is 0 Å². The summed E-state index contributed by atoms with van der Waals surface area (Å²) in [7, 11) is 0. The molecule has 0 amide bonds. The molecule has 0 bridgehead atoms. The van der Waals surface area contributed by atoms with Gasteiger partial charge >= 0.3 is 0 Å². The molecule has 2 rings (SSSR count). The molecule has 1 N–H and O–H groups in total. The number of aromatic nitrogens is 2. The number of hydrogen-bond acceptors (Lipinski definition) is 5. The Hall–Kier alpha value is -1.20. The van der Waals surface area contributed by atoms with E-state index in [1.54, 1.807) is 12.4 Å². The third kappa shape index (κ3) is 5.98. The van der Waals surface area contributed by atoms with E-state index in [1.807, 2.05) is 0 Å². The van der Waals surface area contributed by atoms with Gasteiger partial charge < -0.3 is 14.8 Å². The molecule has 0 saturated heterocycles. The zero-order valence-electron chi connectivity index (χ0n) is 11.6. The van der Waals surface area contributed by atoms with E-state index in [9.17, 15) is 0 Å². The van der Waals surface area contributed by atoms with Crippen molar-refractivity contribution < 1.29 is 9.47 Å². The summed E-state index contributed by atoms with van der Waals surface area (Å²) in [6.07, 6.45) is 8.27. The quantitative estimate of drug-likeness (QED) is 0.655. The summed E-state index contributed by atoms with van der Waals surface area (Å²) in [6.45, 7) is 4.87. The lowest BCUT2D eigenvalue weighted by atomic mass is 10.4. The highest BCUT2D eigenvalue weighted by Gasteiger charge is 2.20. The maximum Gasteiger partial charge on any atom is 0.232 e. The number of nitrogens with zero attached hydrogens (tertiary/aromatic N) is 2. The summed E-state index contributed by atoms with van der Waals surface area (Å²) < 4.78 is 10.9. The van der Waals surface area contributed by atoms with Crippen molar-refractivity contribution in [2.24, 2.45) is 0 Å². The van der Waals surface area contributed by atoms with E-state index < -0.39 is 0 Å². The van der Waals surface area contributed by atoms with Crippen molar-refractivity contribution in [3.63, 3.8) is 0 Å². The molecule has 0 aliphatic heterocycles. The molecule has 0 spiro atoms. The molecular weight excluding hydrogens is 242 g/mol. The van der Waals surface area contributed by atoms with Gasteiger partial charge in [-0.15, -0.1) is 0 Å². The monoisotopic (exact) mass is 265 g/mol. The van der Waals surface area contributed by atoms with Crippen molar-refractivity contribution >= 4 is 0 Å². The van der Waals surface area contributed by atoms with E-state index >= 15 is 0 Å². The Morgan fingerprint density at radius 2 is 2.11 bits per heavy atom. The van der Waals surface area contributed by atoms with Crippen LogP contribution >= 0.6 is 0 Å². The highest BCUT2D eigenvalue weighted by molar-refractivity contribution is 5.07. The van der Waals surface area contributed by atoms with Crippen LogP contribution in [0.1, 0.15) is 38.3 Å². The van der Waals surface area contributed by atoms with Gasteiger partial charge in [-0.05, 0) is 19.3 Å². The Morgan fingerprint density at radius 3 is 2.79 bits per heavy atom. The molecule has 1 aliphatic rings. The van der Waals surface area contributed by atoms with Gasteiger partial charge in [0.05, 0.1) is 24.7 Å². The molecule has 1 aliphatic carbocycles. The van der Waals surface area contributed by atoms with Crippen molar-refractivity contribution in [1.82, 2.24) is 15.3 Å². The van der Waals surface area contributed by atoms with Crippen molar-refractivity contribution in [3.8, 4) is 5.88 Å². The second kappa shape index (κ2) is 8.07. The largest absolute Gasteiger partial charge is 0.474 e. The van der Waals surface area contributed by atoms with Gasteiger partial charge in [-0.2, -0.15) is 0 Å². The van der Waals surface area contributed by atoms with E-state index in [2.05, 4.69) is 22.2 Å². The average Bonchev–Trinajstić information content (AvgIpc) is 3.26. The van der Waals surface area contributed by atoms with Crippen LogP contribution in [-0.4, -0.2) is 35.8 Å². The second-order valence-electron chi connectivity index (χ2n) is 4.82. The first kappa shape index (κ1) is 14.2. The third-order valence-corrected chi connectivity index (χ3v) is 2.95. The lowest BCUT2D eigenvalue weighted by Crippen LogP contribution is -2.16. The summed E-state index contributed by atoms with van der Waals surface area (Å²) in [4.78, 5) is 8.55. The number of ether oxygens (including phenoxy) is 2. The predicted octanol–water partition coefficient (Wildman–Crippen LogP) is 1.92. The van der Waals surface area contributed by atoms with E-state index in [0.717, 1.165) is 31.7 Å². The van der Waals surface area contributed by atoms with Crippen molar-refractivity contribution in [2.45, 2.75) is 45.2 Å². The van der Waals surface area contributed by atoms with Crippen LogP contribution in [0.25, 0.3) is 0 Å². The highest BCUT2D eigenvalue weighted by atomic mass is 16.5. The minimum Gasteiger partial charge on any atom is -0.474 e. The Morgan fingerprint density at radius 1 is 1.21 bits per heavy atom. The molecule has 5 nitrogen and oxygen atoms in total. The molecule has 1 saturated carbocycles. The summed E-state index contributed by atoms with van der Waals surface area (Å²) >= 11 is 0. The number of rotatable bonds is 10. The molecule has 1 aromatic rings. The fourth-order valence-corrected chi connectivity index (χ4v) is 1.60. The molecule has 19 heavy (non-hydrogen) atoms. The summed E-state index contributed by atoms with van der Waals surface area (Å²) in [5.41, 5.74) is 0.957. The van der Waals surface area contributed by atoms with Crippen LogP contribution in [-0.2, 0) is 11.3 Å². The topological polar surface area (TPSA) is 56.3 Å². The Balaban J connectivity index is 1.58. The van der Waals surface area contributed by atoms with E-state index in [0.29, 0.717) is 25.1 Å². The zero-order chi connectivity index (χ0) is 13.3. The van der Waals surface area contributed by atoms with Crippen LogP contribution in [0.3, 0.4) is 0 Å². The fourth-order valence-electron chi connectivity index (χ4n) is 1.60. The van der Waals surface area contributed by atoms with Gasteiger partial charge in [0.25, 0.3) is 0 Å². The first-order valence-corrected chi connectivity index (χ1v) is 7.13. The van der Waals surface area contributed by atoms with E-state index in [1.165, 1.54) is 12.8 Å². The molecule has 0 atom stereocenters. The molecular formula is C14H23N3O2. The van der Waals surface area contributed by atoms with Crippen LogP contribution in [0, 0.1) is 0 Å². The Kier molecular flexibility index (Phi) is 6.04. The fraction of sp³-hybridized carbons (Fsp3) is 0.714. The first-order chi connectivity index (χ1) is 9.38. The van der Waals surface area contributed by atoms with Gasteiger partial charge in [0.2, 0.25) is 5.88 Å². The third-order valence-electron chi connectivity index (χ3n) is 2.95. The van der Waals surface area contributed by atoms with Gasteiger partial charge in [-0.1, -0.05) is 13.3 Å². The molecule has 5 heteroatoms. The molecule has 1 aromatic heterocycles. The molecule has 1 heterocycles. The van der Waals surface area contributed by atoms with Gasteiger partial charge in [-0.3, -0.25) is 4.98 Å². The smallest absolute Gasteiger partial charge is 0.232 e. The van der Waals surface area contributed by atoms with Crippen LogP contribution in [0.2, 0.25) is 0 Å². The molecule has 1 fully saturated rings. The Labute approximate surface area is 114 Å². The molecule has 0 unspecified atom stereocenters. The summed E-state index contributed by atoms with van der Waals surface area (Å²) in [5, 5.41) is 3.40. The summed E-state index contributed by atoms with van der Waals surface area (Å²) in [6, 6.07) is 0.693. The van der Waals surface area contributed by atoms with Gasteiger partial charge in [0.1, 0.15) is 6.61 Å². The van der Waals surface area contributed by atoms with Crippen LogP contribution < -0.4 is 10.1 Å². The van der Waals surface area contributed by atoms with Crippen molar-refractivity contribution in [3.05, 3.63) is 18.1 Å². The lowest BCUT2D eigenvalue weighted by molar-refractivity contribution is 0.0963. The molecule has 106 valence electrons. The lowest BCUT2D eigenvalue weighted by Gasteiger charge is -2.06. The number of unbranched alkanes of at least 4 members (excludes halogenated alkanes) is 1. The minimum atomic E-state index is 0.526. The normalized spacial score (nSPS) is 14.6. The Bertz CT molecular complexity index is 352. The van der Waals surface area contributed by atoms with Gasteiger partial charge in [0, 0.05) is 19.2 Å². The maximum atomic E-state index is 5.46. The minimum absolute atomic E-state index is 0.526. The standard InChI is InChI=1S/C14H23N3O2/c1-2-3-6-18-7-8-19-14-11-16-13(10-17-14)9-15-12-4-5-12/h10-12,15H,2-9H2,1H3. The van der Waals surface area contributed by atoms with Crippen LogP contribution in [0.5, 0.6) is 5.88 Å². The first-order valence-electron chi connectivity index (χ1n) is 7.13. The molecule has 0 aromatic carbocycles. The van der Waals surface area contributed by atoms with E-state index in [-0.39, 0.29) is 0 Å². The summed E-state index contributed by atoms with van der Waals surface area (Å²) in [5.74, 6) is 0.564. The maximum absolute atomic E-state index is 5.46. The SMILES string of the molecule is CCCCOCCOc1cnc(CNC2CC2)cn1. The highest BCUT2D eigenvalue weighted by Crippen LogP contribution is 2.19. The number of nitrogens with one attached hydrogen (secondary N) is 1. The number of hydrogen-bond donors (Lipinski definition) is 1.